The molecule has 0 saturated carbocycles. The second-order valence-electron chi connectivity index (χ2n) is 7.39. The molecule has 3 N–H and O–H groups in total. The number of carbonyl (C=O) groups is 1. The highest BCUT2D eigenvalue weighted by Gasteiger charge is 2.26. The monoisotopic (exact) mass is 364 g/mol. The van der Waals surface area contributed by atoms with Gasteiger partial charge in [-0.2, -0.15) is 5.26 Å². The Balaban J connectivity index is 2.08. The SMILES string of the molecule is CCCc1ccc([C@@H]([NH2+][C@@H](C)C(=O)Nc2ccccc2C#N)C(C)C)cc1. The van der Waals surface area contributed by atoms with E-state index >= 15 is 0 Å². The molecule has 4 heteroatoms. The van der Waals surface area contributed by atoms with E-state index in [4.69, 9.17) is 0 Å². The lowest BCUT2D eigenvalue weighted by atomic mass is 9.94. The Morgan fingerprint density at radius 3 is 2.37 bits per heavy atom. The predicted molar refractivity (Wildman–Crippen MR) is 109 cm³/mol. The zero-order valence-electron chi connectivity index (χ0n) is 16.7. The number of nitrogens with one attached hydrogen (secondary N) is 1. The molecule has 0 saturated heterocycles. The molecule has 2 atom stereocenters. The molecule has 2 rings (SSSR count). The summed E-state index contributed by atoms with van der Waals surface area (Å²) in [6, 6.07) is 17.9. The Kier molecular flexibility index (Phi) is 7.57. The molecule has 0 spiro atoms. The Morgan fingerprint density at radius 2 is 1.78 bits per heavy atom. The third-order valence-electron chi connectivity index (χ3n) is 4.84. The van der Waals surface area contributed by atoms with Crippen molar-refractivity contribution in [2.75, 3.05) is 5.32 Å². The third-order valence-corrected chi connectivity index (χ3v) is 4.84. The maximum absolute atomic E-state index is 12.7. The first-order chi connectivity index (χ1) is 13.0. The van der Waals surface area contributed by atoms with Gasteiger partial charge in [-0.3, -0.25) is 4.79 Å². The summed E-state index contributed by atoms with van der Waals surface area (Å²) in [4.78, 5) is 12.7. The van der Waals surface area contributed by atoms with E-state index in [1.165, 1.54) is 11.1 Å². The van der Waals surface area contributed by atoms with E-state index in [2.05, 4.69) is 61.7 Å². The van der Waals surface area contributed by atoms with Gasteiger partial charge >= 0.3 is 0 Å². The number of hydrogen-bond donors (Lipinski definition) is 2. The quantitative estimate of drug-likeness (QED) is 0.748. The molecule has 142 valence electrons. The molecule has 0 aromatic heterocycles. The van der Waals surface area contributed by atoms with Crippen LogP contribution in [0, 0.1) is 17.2 Å². The molecule has 1 amide bonds. The van der Waals surface area contributed by atoms with Crippen molar-refractivity contribution in [1.29, 1.82) is 5.26 Å². The Morgan fingerprint density at radius 1 is 1.11 bits per heavy atom. The minimum Gasteiger partial charge on any atom is -0.330 e. The van der Waals surface area contributed by atoms with Crippen LogP contribution in [0.15, 0.2) is 48.5 Å². The first-order valence-electron chi connectivity index (χ1n) is 9.70. The zero-order valence-corrected chi connectivity index (χ0v) is 16.7. The predicted octanol–water partition coefficient (Wildman–Crippen LogP) is 3.80. The molecule has 0 aliphatic heterocycles. The standard InChI is InChI=1S/C23H29N3O/c1-5-8-18-11-13-19(14-12-18)22(16(2)3)25-17(4)23(27)26-21-10-7-6-9-20(21)15-24/h6-7,9-14,16-17,22,25H,5,8H2,1-4H3,(H,26,27)/p+1/t17-,22-/m0/s1. The van der Waals surface area contributed by atoms with Crippen LogP contribution in [-0.2, 0) is 11.2 Å². The Hall–Kier alpha value is -2.64. The molecule has 0 unspecified atom stereocenters. The van der Waals surface area contributed by atoms with E-state index in [-0.39, 0.29) is 18.0 Å². The third kappa shape index (κ3) is 5.67. The van der Waals surface area contributed by atoms with Gasteiger partial charge in [-0.1, -0.05) is 63.6 Å². The highest BCUT2D eigenvalue weighted by molar-refractivity contribution is 5.94. The van der Waals surface area contributed by atoms with E-state index in [1.807, 2.05) is 13.0 Å². The number of hydrogen-bond acceptors (Lipinski definition) is 2. The molecule has 0 fully saturated rings. The number of para-hydroxylation sites is 1. The van der Waals surface area contributed by atoms with Crippen molar-refractivity contribution in [3.8, 4) is 6.07 Å². The van der Waals surface area contributed by atoms with Crippen LogP contribution in [0.4, 0.5) is 5.69 Å². The molecular formula is C23H30N3O+. The Labute approximate surface area is 162 Å². The van der Waals surface area contributed by atoms with Gasteiger partial charge in [0.25, 0.3) is 5.91 Å². The first kappa shape index (κ1) is 20.7. The van der Waals surface area contributed by atoms with Gasteiger partial charge in [-0.05, 0) is 31.0 Å². The van der Waals surface area contributed by atoms with Crippen molar-refractivity contribution in [3.05, 3.63) is 65.2 Å². The number of rotatable bonds is 8. The fourth-order valence-electron chi connectivity index (χ4n) is 3.25. The molecule has 2 aromatic carbocycles. The van der Waals surface area contributed by atoms with Crippen LogP contribution >= 0.6 is 0 Å². The maximum atomic E-state index is 12.7. The molecule has 27 heavy (non-hydrogen) atoms. The average molecular weight is 365 g/mol. The largest absolute Gasteiger partial charge is 0.330 e. The van der Waals surface area contributed by atoms with E-state index in [9.17, 15) is 10.1 Å². The van der Waals surface area contributed by atoms with E-state index < -0.39 is 0 Å². The summed E-state index contributed by atoms with van der Waals surface area (Å²) in [6.07, 6.45) is 2.23. The van der Waals surface area contributed by atoms with Crippen LogP contribution in [0.2, 0.25) is 0 Å². The summed E-state index contributed by atoms with van der Waals surface area (Å²) in [7, 11) is 0. The van der Waals surface area contributed by atoms with E-state index in [1.54, 1.807) is 18.2 Å². The zero-order chi connectivity index (χ0) is 19.8. The summed E-state index contributed by atoms with van der Waals surface area (Å²) in [5.74, 6) is 0.301. The van der Waals surface area contributed by atoms with Crippen LogP contribution in [0.5, 0.6) is 0 Å². The molecule has 0 aliphatic carbocycles. The summed E-state index contributed by atoms with van der Waals surface area (Å²) >= 11 is 0. The van der Waals surface area contributed by atoms with Gasteiger partial charge in [0.2, 0.25) is 0 Å². The normalized spacial score (nSPS) is 13.0. The number of quaternary nitrogens is 1. The molecule has 0 aliphatic rings. The minimum absolute atomic E-state index is 0.0917. The summed E-state index contributed by atoms with van der Waals surface area (Å²) in [5.41, 5.74) is 3.63. The van der Waals surface area contributed by atoms with Crippen molar-refractivity contribution in [2.45, 2.75) is 52.6 Å². The highest BCUT2D eigenvalue weighted by atomic mass is 16.2. The first-order valence-corrected chi connectivity index (χ1v) is 9.70. The lowest BCUT2D eigenvalue weighted by Crippen LogP contribution is -2.93. The van der Waals surface area contributed by atoms with Crippen LogP contribution in [0.25, 0.3) is 0 Å². The summed E-state index contributed by atoms with van der Waals surface area (Å²) < 4.78 is 0. The fourth-order valence-corrected chi connectivity index (χ4v) is 3.25. The molecule has 0 bridgehead atoms. The van der Waals surface area contributed by atoms with Gasteiger partial charge in [0.1, 0.15) is 12.1 Å². The molecule has 0 heterocycles. The minimum atomic E-state index is -0.264. The van der Waals surface area contributed by atoms with E-state index in [0.717, 1.165) is 12.8 Å². The number of carbonyl (C=O) groups excluding carboxylic acids is 1. The Bertz CT molecular complexity index is 790. The number of amides is 1. The van der Waals surface area contributed by atoms with Crippen molar-refractivity contribution in [2.24, 2.45) is 5.92 Å². The molecular weight excluding hydrogens is 334 g/mol. The number of benzene rings is 2. The van der Waals surface area contributed by atoms with Gasteiger partial charge < -0.3 is 10.6 Å². The molecule has 4 nitrogen and oxygen atoms in total. The fraction of sp³-hybridized carbons (Fsp3) is 0.391. The van der Waals surface area contributed by atoms with Crippen LogP contribution in [-0.4, -0.2) is 11.9 Å². The summed E-state index contributed by atoms with van der Waals surface area (Å²) in [6.45, 7) is 8.45. The van der Waals surface area contributed by atoms with Gasteiger partial charge in [0.15, 0.2) is 6.04 Å². The van der Waals surface area contributed by atoms with Crippen molar-refractivity contribution >= 4 is 11.6 Å². The number of nitrogens with two attached hydrogens (primary N) is 1. The maximum Gasteiger partial charge on any atom is 0.282 e. The lowest BCUT2D eigenvalue weighted by molar-refractivity contribution is -0.718. The number of nitriles is 1. The van der Waals surface area contributed by atoms with Gasteiger partial charge in [-0.25, -0.2) is 0 Å². The lowest BCUT2D eigenvalue weighted by Gasteiger charge is -2.23. The number of aryl methyl sites for hydroxylation is 1. The van der Waals surface area contributed by atoms with Crippen LogP contribution in [0.3, 0.4) is 0 Å². The van der Waals surface area contributed by atoms with Crippen molar-refractivity contribution in [1.82, 2.24) is 0 Å². The number of nitrogens with zero attached hydrogens (tertiary/aromatic N) is 1. The van der Waals surface area contributed by atoms with Gasteiger partial charge in [0, 0.05) is 11.5 Å². The van der Waals surface area contributed by atoms with Crippen LogP contribution < -0.4 is 10.6 Å². The van der Waals surface area contributed by atoms with E-state index in [0.29, 0.717) is 17.2 Å². The highest BCUT2D eigenvalue weighted by Crippen LogP contribution is 2.19. The van der Waals surface area contributed by atoms with Gasteiger partial charge in [0.05, 0.1) is 11.3 Å². The second-order valence-corrected chi connectivity index (χ2v) is 7.39. The van der Waals surface area contributed by atoms with Crippen molar-refractivity contribution in [3.63, 3.8) is 0 Å². The van der Waals surface area contributed by atoms with Crippen molar-refractivity contribution < 1.29 is 10.1 Å². The van der Waals surface area contributed by atoms with Gasteiger partial charge in [-0.15, -0.1) is 0 Å². The van der Waals surface area contributed by atoms with Crippen LogP contribution in [0.1, 0.15) is 56.8 Å². The summed E-state index contributed by atoms with van der Waals surface area (Å²) in [5, 5.41) is 14.2. The topological polar surface area (TPSA) is 69.5 Å². The molecule has 0 radical (unpaired) electrons. The average Bonchev–Trinajstić information content (AvgIpc) is 2.67. The number of anilines is 1. The smallest absolute Gasteiger partial charge is 0.282 e. The molecule has 2 aromatic rings. The second kappa shape index (κ2) is 9.89.